The fraction of sp³-hybridized carbons (Fsp3) is 0.200. The van der Waals surface area contributed by atoms with Gasteiger partial charge in [0.1, 0.15) is 0 Å². The lowest BCUT2D eigenvalue weighted by atomic mass is 10.1. The van der Waals surface area contributed by atoms with Gasteiger partial charge in [0, 0.05) is 22.3 Å². The molecule has 2 aromatic carbocycles. The van der Waals surface area contributed by atoms with E-state index in [2.05, 4.69) is 39.4 Å². The molecule has 102 valence electrons. The van der Waals surface area contributed by atoms with Crippen molar-refractivity contribution in [3.8, 4) is 0 Å². The van der Waals surface area contributed by atoms with E-state index in [4.69, 9.17) is 0 Å². The third kappa shape index (κ3) is 2.41. The smallest absolute Gasteiger partial charge is 0.270 e. The van der Waals surface area contributed by atoms with Crippen LogP contribution in [0.5, 0.6) is 0 Å². The molecule has 0 heterocycles. The molecule has 0 spiro atoms. The summed E-state index contributed by atoms with van der Waals surface area (Å²) in [5.74, 6) is 0. The van der Waals surface area contributed by atoms with Crippen LogP contribution in [-0.2, 0) is 6.42 Å². The first-order valence-electron chi connectivity index (χ1n) is 6.43. The summed E-state index contributed by atoms with van der Waals surface area (Å²) in [5, 5.41) is 14.2. The molecule has 1 N–H and O–H groups in total. The molecule has 20 heavy (non-hydrogen) atoms. The second-order valence-electron chi connectivity index (χ2n) is 4.86. The number of non-ortho nitro benzene ring substituents is 1. The van der Waals surface area contributed by atoms with Crippen LogP contribution in [0.15, 0.2) is 46.9 Å². The molecule has 0 amide bonds. The van der Waals surface area contributed by atoms with E-state index in [9.17, 15) is 10.1 Å². The monoisotopic (exact) mass is 332 g/mol. The van der Waals surface area contributed by atoms with Crippen molar-refractivity contribution < 1.29 is 4.92 Å². The minimum absolute atomic E-state index is 0.0919. The standard InChI is InChI=1S/C15H13BrN2O2/c16-13-9-11(18(19)20)6-8-15(13)17-14-7-5-10-3-1-2-4-12(10)14/h1-4,6,8-9,14,17H,5,7H2. The molecule has 0 aliphatic heterocycles. The zero-order valence-corrected chi connectivity index (χ0v) is 12.3. The van der Waals surface area contributed by atoms with E-state index in [-0.39, 0.29) is 16.7 Å². The number of fused-ring (bicyclic) bond motifs is 1. The highest BCUT2D eigenvalue weighted by Crippen LogP contribution is 2.36. The van der Waals surface area contributed by atoms with Crippen molar-refractivity contribution in [1.29, 1.82) is 0 Å². The van der Waals surface area contributed by atoms with Crippen LogP contribution in [0.25, 0.3) is 0 Å². The van der Waals surface area contributed by atoms with Crippen LogP contribution in [0.3, 0.4) is 0 Å². The quantitative estimate of drug-likeness (QED) is 0.667. The molecule has 0 fully saturated rings. The van der Waals surface area contributed by atoms with Crippen molar-refractivity contribution in [3.63, 3.8) is 0 Å². The second kappa shape index (κ2) is 5.25. The van der Waals surface area contributed by atoms with Crippen LogP contribution in [0.1, 0.15) is 23.6 Å². The Morgan fingerprint density at radius 2 is 2.05 bits per heavy atom. The van der Waals surface area contributed by atoms with E-state index in [1.54, 1.807) is 6.07 Å². The third-order valence-electron chi connectivity index (χ3n) is 3.63. The summed E-state index contributed by atoms with van der Waals surface area (Å²) in [6, 6.07) is 13.5. The average molecular weight is 333 g/mol. The predicted molar refractivity (Wildman–Crippen MR) is 81.9 cm³/mol. The number of nitrogens with one attached hydrogen (secondary N) is 1. The summed E-state index contributed by atoms with van der Waals surface area (Å²) in [7, 11) is 0. The van der Waals surface area contributed by atoms with E-state index >= 15 is 0 Å². The van der Waals surface area contributed by atoms with E-state index in [1.807, 2.05) is 6.07 Å². The van der Waals surface area contributed by atoms with Gasteiger partial charge in [-0.25, -0.2) is 0 Å². The SMILES string of the molecule is O=[N+]([O-])c1ccc(NC2CCc3ccccc32)c(Br)c1. The van der Waals surface area contributed by atoms with Crippen LogP contribution < -0.4 is 5.32 Å². The lowest BCUT2D eigenvalue weighted by Gasteiger charge is -2.16. The van der Waals surface area contributed by atoms with Crippen LogP contribution in [0.2, 0.25) is 0 Å². The van der Waals surface area contributed by atoms with Crippen LogP contribution in [-0.4, -0.2) is 4.92 Å². The summed E-state index contributed by atoms with van der Waals surface area (Å²) in [6.07, 6.45) is 2.11. The minimum Gasteiger partial charge on any atom is -0.377 e. The lowest BCUT2D eigenvalue weighted by Crippen LogP contribution is -2.07. The normalized spacial score (nSPS) is 16.8. The Morgan fingerprint density at radius 3 is 2.80 bits per heavy atom. The van der Waals surface area contributed by atoms with Gasteiger partial charge < -0.3 is 5.32 Å². The Hall–Kier alpha value is -1.88. The maximum absolute atomic E-state index is 10.7. The fourth-order valence-corrected chi connectivity index (χ4v) is 3.11. The summed E-state index contributed by atoms with van der Waals surface area (Å²) in [5.41, 5.74) is 3.67. The summed E-state index contributed by atoms with van der Waals surface area (Å²) in [6.45, 7) is 0. The van der Waals surface area contributed by atoms with Crippen molar-refractivity contribution >= 4 is 27.3 Å². The lowest BCUT2D eigenvalue weighted by molar-refractivity contribution is -0.384. The molecule has 1 aliphatic rings. The molecular formula is C15H13BrN2O2. The van der Waals surface area contributed by atoms with Crippen LogP contribution >= 0.6 is 15.9 Å². The van der Waals surface area contributed by atoms with Gasteiger partial charge in [-0.3, -0.25) is 10.1 Å². The first-order valence-corrected chi connectivity index (χ1v) is 7.23. The highest BCUT2D eigenvalue weighted by molar-refractivity contribution is 9.10. The van der Waals surface area contributed by atoms with Crippen molar-refractivity contribution in [1.82, 2.24) is 0 Å². The third-order valence-corrected chi connectivity index (χ3v) is 4.28. The largest absolute Gasteiger partial charge is 0.377 e. The number of halogens is 1. The molecule has 3 rings (SSSR count). The van der Waals surface area contributed by atoms with Crippen molar-refractivity contribution in [2.45, 2.75) is 18.9 Å². The predicted octanol–water partition coefficient (Wildman–Crippen LogP) is 4.46. The average Bonchev–Trinajstić information content (AvgIpc) is 2.84. The molecule has 0 saturated carbocycles. The minimum atomic E-state index is -0.389. The number of nitrogens with zero attached hydrogens (tertiary/aromatic N) is 1. The summed E-state index contributed by atoms with van der Waals surface area (Å²) in [4.78, 5) is 10.3. The van der Waals surface area contributed by atoms with Crippen molar-refractivity contribution in [2.24, 2.45) is 0 Å². The highest BCUT2D eigenvalue weighted by Gasteiger charge is 2.22. The van der Waals surface area contributed by atoms with E-state index in [0.717, 1.165) is 23.0 Å². The molecule has 1 unspecified atom stereocenters. The Labute approximate surface area is 125 Å². The Morgan fingerprint density at radius 1 is 1.25 bits per heavy atom. The number of aryl methyl sites for hydroxylation is 1. The highest BCUT2D eigenvalue weighted by atomic mass is 79.9. The van der Waals surface area contributed by atoms with Gasteiger partial charge in [-0.1, -0.05) is 24.3 Å². The van der Waals surface area contributed by atoms with E-state index in [0.29, 0.717) is 0 Å². The summed E-state index contributed by atoms with van der Waals surface area (Å²) < 4.78 is 0.719. The number of benzene rings is 2. The van der Waals surface area contributed by atoms with Gasteiger partial charge >= 0.3 is 0 Å². The number of anilines is 1. The Kier molecular flexibility index (Phi) is 3.44. The van der Waals surface area contributed by atoms with Crippen LogP contribution in [0, 0.1) is 10.1 Å². The van der Waals surface area contributed by atoms with E-state index in [1.165, 1.54) is 23.3 Å². The molecule has 2 aromatic rings. The van der Waals surface area contributed by atoms with Gasteiger partial charge in [-0.2, -0.15) is 0 Å². The number of hydrogen-bond acceptors (Lipinski definition) is 3. The topological polar surface area (TPSA) is 55.2 Å². The second-order valence-corrected chi connectivity index (χ2v) is 5.71. The maximum Gasteiger partial charge on any atom is 0.270 e. The Bertz CT molecular complexity index is 673. The van der Waals surface area contributed by atoms with Gasteiger partial charge in [0.2, 0.25) is 0 Å². The first kappa shape index (κ1) is 13.1. The maximum atomic E-state index is 10.7. The van der Waals surface area contributed by atoms with Gasteiger partial charge in [0.15, 0.2) is 0 Å². The van der Waals surface area contributed by atoms with Crippen molar-refractivity contribution in [3.05, 3.63) is 68.2 Å². The van der Waals surface area contributed by atoms with Crippen LogP contribution in [0.4, 0.5) is 11.4 Å². The number of nitro groups is 1. The Balaban J connectivity index is 1.84. The van der Waals surface area contributed by atoms with Gasteiger partial charge in [-0.05, 0) is 46.0 Å². The van der Waals surface area contributed by atoms with Gasteiger partial charge in [0.05, 0.1) is 11.0 Å². The van der Waals surface area contributed by atoms with Gasteiger partial charge in [0.25, 0.3) is 5.69 Å². The van der Waals surface area contributed by atoms with Crippen molar-refractivity contribution in [2.75, 3.05) is 5.32 Å². The molecule has 1 aliphatic carbocycles. The number of nitro benzene ring substituents is 1. The van der Waals surface area contributed by atoms with E-state index < -0.39 is 0 Å². The molecule has 1 atom stereocenters. The zero-order valence-electron chi connectivity index (χ0n) is 10.7. The summed E-state index contributed by atoms with van der Waals surface area (Å²) >= 11 is 3.40. The van der Waals surface area contributed by atoms with Gasteiger partial charge in [-0.15, -0.1) is 0 Å². The number of rotatable bonds is 3. The molecule has 0 bridgehead atoms. The molecule has 4 nitrogen and oxygen atoms in total. The molecule has 0 saturated heterocycles. The molecule has 5 heteroatoms. The first-order chi connectivity index (χ1) is 9.65. The molecule has 0 radical (unpaired) electrons. The molecule has 0 aromatic heterocycles. The number of hydrogen-bond donors (Lipinski definition) is 1. The molecular weight excluding hydrogens is 320 g/mol. The zero-order chi connectivity index (χ0) is 14.1. The fourth-order valence-electron chi connectivity index (χ4n) is 2.63.